The van der Waals surface area contributed by atoms with Crippen molar-refractivity contribution in [2.24, 2.45) is 5.92 Å². The van der Waals surface area contributed by atoms with E-state index < -0.39 is 36.4 Å². The summed E-state index contributed by atoms with van der Waals surface area (Å²) >= 11 is 0. The molecule has 2 unspecified atom stereocenters. The Morgan fingerprint density at radius 2 is 1.67 bits per heavy atom. The van der Waals surface area contributed by atoms with Crippen molar-refractivity contribution in [3.8, 4) is 0 Å². The first kappa shape index (κ1) is 16.4. The van der Waals surface area contributed by atoms with E-state index >= 15 is 0 Å². The fourth-order valence-electron chi connectivity index (χ4n) is 1.43. The molecule has 18 heavy (non-hydrogen) atoms. The van der Waals surface area contributed by atoms with Crippen LogP contribution in [-0.2, 0) is 19.1 Å². The van der Waals surface area contributed by atoms with Gasteiger partial charge in [0.1, 0.15) is 5.92 Å². The minimum Gasteiger partial charge on any atom is -0.481 e. The average Bonchev–Trinajstić information content (AvgIpc) is 2.25. The Morgan fingerprint density at radius 1 is 1.06 bits per heavy atom. The number of hydrogen-bond acceptors (Lipinski definition) is 4. The highest BCUT2D eigenvalue weighted by Crippen LogP contribution is 2.15. The molecule has 0 amide bonds. The normalized spacial score (nSPS) is 13.8. The lowest BCUT2D eigenvalue weighted by atomic mass is 9.98. The molecule has 0 aromatic rings. The summed E-state index contributed by atoms with van der Waals surface area (Å²) in [7, 11) is 0. The number of unbranched alkanes of at least 4 members (excludes halogenated alkanes) is 2. The highest BCUT2D eigenvalue weighted by atomic mass is 16.5. The smallest absolute Gasteiger partial charge is 0.333 e. The van der Waals surface area contributed by atoms with Crippen molar-refractivity contribution in [3.05, 3.63) is 0 Å². The van der Waals surface area contributed by atoms with Gasteiger partial charge in [-0.3, -0.25) is 9.59 Å². The first-order chi connectivity index (χ1) is 8.40. The third kappa shape index (κ3) is 6.19. The van der Waals surface area contributed by atoms with Gasteiger partial charge in [-0.15, -0.1) is 0 Å². The first-order valence-electron chi connectivity index (χ1n) is 5.69. The largest absolute Gasteiger partial charge is 0.481 e. The van der Waals surface area contributed by atoms with E-state index in [0.29, 0.717) is 6.42 Å². The van der Waals surface area contributed by atoms with Gasteiger partial charge >= 0.3 is 17.9 Å². The number of rotatable bonds is 10. The van der Waals surface area contributed by atoms with E-state index in [1.54, 1.807) is 0 Å². The van der Waals surface area contributed by atoms with Gasteiger partial charge in [-0.05, 0) is 6.42 Å². The average molecular weight is 262 g/mol. The molecule has 0 spiro atoms. The minimum absolute atomic E-state index is 0.105. The molecule has 3 N–H and O–H groups in total. The molecule has 0 heterocycles. The molecule has 0 aromatic heterocycles. The third-order valence-electron chi connectivity index (χ3n) is 2.37. The fourth-order valence-corrected chi connectivity index (χ4v) is 1.43. The number of carboxylic acids is 3. The van der Waals surface area contributed by atoms with E-state index in [4.69, 9.17) is 20.1 Å². The summed E-state index contributed by atoms with van der Waals surface area (Å²) in [6, 6.07) is 0. The third-order valence-corrected chi connectivity index (χ3v) is 2.37. The zero-order valence-electron chi connectivity index (χ0n) is 10.2. The van der Waals surface area contributed by atoms with Crippen molar-refractivity contribution in [1.82, 2.24) is 0 Å². The molecule has 104 valence electrons. The predicted molar refractivity (Wildman–Crippen MR) is 60.3 cm³/mol. The van der Waals surface area contributed by atoms with Gasteiger partial charge in [-0.25, -0.2) is 4.79 Å². The highest BCUT2D eigenvalue weighted by Gasteiger charge is 2.36. The number of aliphatic carboxylic acids is 3. The predicted octanol–water partition coefficient (Wildman–Crippen LogP) is 0.822. The van der Waals surface area contributed by atoms with Crippen LogP contribution < -0.4 is 0 Å². The van der Waals surface area contributed by atoms with Crippen LogP contribution in [0, 0.1) is 5.92 Å². The Hall–Kier alpha value is -1.63. The van der Waals surface area contributed by atoms with Crippen LogP contribution in [0.25, 0.3) is 0 Å². The van der Waals surface area contributed by atoms with Crippen LogP contribution >= 0.6 is 0 Å². The van der Waals surface area contributed by atoms with Crippen LogP contribution in [0.3, 0.4) is 0 Å². The number of carbonyl (C=O) groups is 3. The van der Waals surface area contributed by atoms with Crippen LogP contribution in [0.15, 0.2) is 0 Å². The van der Waals surface area contributed by atoms with Gasteiger partial charge in [0.05, 0.1) is 6.42 Å². The van der Waals surface area contributed by atoms with E-state index in [1.165, 1.54) is 0 Å². The zero-order valence-corrected chi connectivity index (χ0v) is 10.2. The second-order valence-corrected chi connectivity index (χ2v) is 3.88. The van der Waals surface area contributed by atoms with E-state index in [-0.39, 0.29) is 6.61 Å². The van der Waals surface area contributed by atoms with E-state index in [0.717, 1.165) is 12.8 Å². The van der Waals surface area contributed by atoms with Crippen molar-refractivity contribution in [2.45, 2.75) is 38.7 Å². The second kappa shape index (κ2) is 8.46. The summed E-state index contributed by atoms with van der Waals surface area (Å²) in [6.07, 6.45) is -0.0445. The Bertz CT molecular complexity index is 300. The Morgan fingerprint density at radius 3 is 2.06 bits per heavy atom. The molecule has 0 rings (SSSR count). The maximum absolute atomic E-state index is 10.9. The molecule has 0 saturated heterocycles. The summed E-state index contributed by atoms with van der Waals surface area (Å²) in [5.41, 5.74) is 0. The van der Waals surface area contributed by atoms with Crippen molar-refractivity contribution >= 4 is 17.9 Å². The lowest BCUT2D eigenvalue weighted by Gasteiger charge is -2.19. The molecule has 0 aromatic carbocycles. The summed E-state index contributed by atoms with van der Waals surface area (Å²) < 4.78 is 4.99. The molecular formula is C11H18O7. The standard InChI is InChI=1S/C11H18O7/c1-2-3-4-5-18-9(11(16)17)7(10(14)15)6-8(12)13/h7,9H,2-6H2,1H3,(H,12,13)(H,14,15)(H,16,17). The number of ether oxygens (including phenoxy) is 1. The Labute approximate surface area is 104 Å². The molecule has 0 aliphatic rings. The van der Waals surface area contributed by atoms with E-state index in [9.17, 15) is 14.4 Å². The van der Waals surface area contributed by atoms with Gasteiger partial charge in [0.25, 0.3) is 0 Å². The fraction of sp³-hybridized carbons (Fsp3) is 0.727. The van der Waals surface area contributed by atoms with E-state index in [2.05, 4.69) is 0 Å². The van der Waals surface area contributed by atoms with Crippen molar-refractivity contribution < 1.29 is 34.4 Å². The lowest BCUT2D eigenvalue weighted by Crippen LogP contribution is -2.38. The van der Waals surface area contributed by atoms with Gasteiger partial charge in [-0.1, -0.05) is 19.8 Å². The summed E-state index contributed by atoms with van der Waals surface area (Å²) in [5, 5.41) is 26.3. The molecule has 7 heteroatoms. The molecule has 0 aliphatic heterocycles. The molecule has 2 atom stereocenters. The summed E-state index contributed by atoms with van der Waals surface area (Å²) in [5.74, 6) is -5.90. The molecule has 0 aliphatic carbocycles. The van der Waals surface area contributed by atoms with Gasteiger partial charge in [0.2, 0.25) is 0 Å². The van der Waals surface area contributed by atoms with Gasteiger partial charge < -0.3 is 20.1 Å². The zero-order chi connectivity index (χ0) is 14.1. The Balaban J connectivity index is 4.55. The topological polar surface area (TPSA) is 121 Å². The summed E-state index contributed by atoms with van der Waals surface area (Å²) in [4.78, 5) is 32.3. The van der Waals surface area contributed by atoms with Gasteiger partial charge in [-0.2, -0.15) is 0 Å². The maximum atomic E-state index is 10.9. The minimum atomic E-state index is -1.63. The first-order valence-corrected chi connectivity index (χ1v) is 5.69. The van der Waals surface area contributed by atoms with Gasteiger partial charge in [0.15, 0.2) is 6.10 Å². The number of hydrogen-bond donors (Lipinski definition) is 3. The van der Waals surface area contributed by atoms with Crippen LogP contribution in [0.4, 0.5) is 0 Å². The van der Waals surface area contributed by atoms with Crippen LogP contribution in [-0.4, -0.2) is 45.9 Å². The molecule has 0 radical (unpaired) electrons. The maximum Gasteiger partial charge on any atom is 0.333 e. The van der Waals surface area contributed by atoms with Crippen LogP contribution in [0.1, 0.15) is 32.6 Å². The van der Waals surface area contributed by atoms with Crippen molar-refractivity contribution in [1.29, 1.82) is 0 Å². The van der Waals surface area contributed by atoms with Crippen molar-refractivity contribution in [2.75, 3.05) is 6.61 Å². The van der Waals surface area contributed by atoms with Crippen LogP contribution in [0.2, 0.25) is 0 Å². The quantitative estimate of drug-likeness (QED) is 0.498. The van der Waals surface area contributed by atoms with Crippen LogP contribution in [0.5, 0.6) is 0 Å². The molecule has 0 fully saturated rings. The monoisotopic (exact) mass is 262 g/mol. The SMILES string of the molecule is CCCCCOC(C(=O)O)C(CC(=O)O)C(=O)O. The highest BCUT2D eigenvalue weighted by molar-refractivity contribution is 5.85. The molecule has 7 nitrogen and oxygen atoms in total. The van der Waals surface area contributed by atoms with Gasteiger partial charge in [0, 0.05) is 6.61 Å². The molecule has 0 saturated carbocycles. The number of carboxylic acid groups (broad SMARTS) is 3. The second-order valence-electron chi connectivity index (χ2n) is 3.88. The Kier molecular flexibility index (Phi) is 7.69. The van der Waals surface area contributed by atoms with Crippen molar-refractivity contribution in [3.63, 3.8) is 0 Å². The molecular weight excluding hydrogens is 244 g/mol. The summed E-state index contributed by atoms with van der Waals surface area (Å²) in [6.45, 7) is 2.06. The molecule has 0 bridgehead atoms. The van der Waals surface area contributed by atoms with E-state index in [1.807, 2.05) is 6.92 Å². The lowest BCUT2D eigenvalue weighted by molar-refractivity contribution is -0.166.